The Morgan fingerprint density at radius 3 is 2.85 bits per heavy atom. The molecule has 1 aliphatic rings. The third-order valence-electron chi connectivity index (χ3n) is 5.25. The van der Waals surface area contributed by atoms with E-state index in [4.69, 9.17) is 18.9 Å². The monoisotopic (exact) mass is 566 g/mol. The molecule has 33 heavy (non-hydrogen) atoms. The van der Waals surface area contributed by atoms with Crippen molar-refractivity contribution in [2.24, 2.45) is 4.99 Å². The molecule has 0 spiro atoms. The molecule has 0 aliphatic carbocycles. The van der Waals surface area contributed by atoms with Crippen LogP contribution in [-0.4, -0.2) is 59.0 Å². The first-order valence-corrected chi connectivity index (χ1v) is 11.0. The van der Waals surface area contributed by atoms with Gasteiger partial charge in [0.15, 0.2) is 17.5 Å². The standard InChI is InChI=1S/C23H30N6O3.HI/c1-3-22-27-26-17-29(22)11-10-25-23(28(2)16-19-5-4-12-30-19)24-9-8-18-6-7-20-21(15-18)32-14-13-31-20;/h4-7,12,15,17H,3,8-11,13-14,16H2,1-2H3,(H,24,25);1H. The summed E-state index contributed by atoms with van der Waals surface area (Å²) >= 11 is 0. The van der Waals surface area contributed by atoms with Crippen molar-refractivity contribution in [1.82, 2.24) is 25.0 Å². The molecule has 0 fully saturated rings. The second-order valence-corrected chi connectivity index (χ2v) is 7.59. The lowest BCUT2D eigenvalue weighted by Crippen LogP contribution is -2.40. The average molecular weight is 566 g/mol. The van der Waals surface area contributed by atoms with Gasteiger partial charge in [-0.2, -0.15) is 0 Å². The Morgan fingerprint density at radius 2 is 2.06 bits per heavy atom. The minimum atomic E-state index is 0. The third kappa shape index (κ3) is 6.86. The largest absolute Gasteiger partial charge is 0.486 e. The Labute approximate surface area is 211 Å². The van der Waals surface area contributed by atoms with E-state index in [1.54, 1.807) is 12.6 Å². The van der Waals surface area contributed by atoms with Crippen molar-refractivity contribution < 1.29 is 13.9 Å². The van der Waals surface area contributed by atoms with Gasteiger partial charge in [-0.15, -0.1) is 34.2 Å². The van der Waals surface area contributed by atoms with Gasteiger partial charge in [-0.05, 0) is 36.2 Å². The van der Waals surface area contributed by atoms with Gasteiger partial charge in [0.2, 0.25) is 0 Å². The normalized spacial score (nSPS) is 12.8. The molecule has 10 heteroatoms. The molecule has 1 aromatic carbocycles. The van der Waals surface area contributed by atoms with Crippen LogP contribution in [0.4, 0.5) is 0 Å². The molecule has 3 heterocycles. The van der Waals surface area contributed by atoms with Crippen molar-refractivity contribution in [3.05, 3.63) is 60.1 Å². The SMILES string of the molecule is CCc1nncn1CCNC(=NCCc1ccc2c(c1)OCCO2)N(C)Cc1ccco1.I. The molecule has 2 aromatic heterocycles. The van der Waals surface area contributed by atoms with Gasteiger partial charge in [0, 0.05) is 33.1 Å². The minimum absolute atomic E-state index is 0. The molecule has 0 amide bonds. The Kier molecular flexibility index (Phi) is 9.40. The number of hydrogen-bond acceptors (Lipinski definition) is 6. The maximum Gasteiger partial charge on any atom is 0.194 e. The van der Waals surface area contributed by atoms with E-state index < -0.39 is 0 Å². The summed E-state index contributed by atoms with van der Waals surface area (Å²) in [6.07, 6.45) is 5.12. The molecule has 0 radical (unpaired) electrons. The molecule has 1 N–H and O–H groups in total. The van der Waals surface area contributed by atoms with Crippen molar-refractivity contribution in [1.29, 1.82) is 0 Å². The number of guanidine groups is 1. The lowest BCUT2D eigenvalue weighted by atomic mass is 10.1. The topological polar surface area (TPSA) is 89.9 Å². The van der Waals surface area contributed by atoms with E-state index in [0.29, 0.717) is 26.3 Å². The highest BCUT2D eigenvalue weighted by molar-refractivity contribution is 14.0. The molecule has 178 valence electrons. The van der Waals surface area contributed by atoms with E-state index in [9.17, 15) is 0 Å². The van der Waals surface area contributed by atoms with Gasteiger partial charge >= 0.3 is 0 Å². The first-order valence-electron chi connectivity index (χ1n) is 11.0. The number of benzene rings is 1. The molecule has 9 nitrogen and oxygen atoms in total. The molecule has 0 saturated heterocycles. The second-order valence-electron chi connectivity index (χ2n) is 7.59. The summed E-state index contributed by atoms with van der Waals surface area (Å²) in [4.78, 5) is 6.92. The van der Waals surface area contributed by atoms with Gasteiger partial charge < -0.3 is 28.7 Å². The number of aryl methyl sites for hydroxylation is 1. The van der Waals surface area contributed by atoms with Crippen LogP contribution in [0.1, 0.15) is 24.1 Å². The zero-order valence-corrected chi connectivity index (χ0v) is 21.4. The van der Waals surface area contributed by atoms with Gasteiger partial charge in [-0.25, -0.2) is 0 Å². The molecular formula is C23H31IN6O3. The summed E-state index contributed by atoms with van der Waals surface area (Å²) in [5.41, 5.74) is 1.17. The average Bonchev–Trinajstić information content (AvgIpc) is 3.49. The van der Waals surface area contributed by atoms with E-state index in [2.05, 4.69) is 38.0 Å². The van der Waals surface area contributed by atoms with Crippen LogP contribution in [0.3, 0.4) is 0 Å². The number of aliphatic imine (C=N–C) groups is 1. The molecule has 0 saturated carbocycles. The predicted octanol–water partition coefficient (Wildman–Crippen LogP) is 3.14. The highest BCUT2D eigenvalue weighted by Crippen LogP contribution is 2.30. The first kappa shape index (κ1) is 24.9. The highest BCUT2D eigenvalue weighted by atomic mass is 127. The highest BCUT2D eigenvalue weighted by Gasteiger charge is 2.12. The van der Waals surface area contributed by atoms with E-state index in [0.717, 1.165) is 55.0 Å². The number of halogens is 1. The second kappa shape index (κ2) is 12.5. The van der Waals surface area contributed by atoms with Crippen molar-refractivity contribution >= 4 is 29.9 Å². The lowest BCUT2D eigenvalue weighted by Gasteiger charge is -2.22. The van der Waals surface area contributed by atoms with E-state index in [-0.39, 0.29) is 24.0 Å². The van der Waals surface area contributed by atoms with Gasteiger partial charge in [-0.3, -0.25) is 4.99 Å². The Balaban J connectivity index is 0.00000306. The van der Waals surface area contributed by atoms with Crippen molar-refractivity contribution in [3.63, 3.8) is 0 Å². The number of nitrogens with zero attached hydrogens (tertiary/aromatic N) is 5. The van der Waals surface area contributed by atoms with Crippen LogP contribution >= 0.6 is 24.0 Å². The summed E-state index contributed by atoms with van der Waals surface area (Å²) in [5.74, 6) is 4.31. The van der Waals surface area contributed by atoms with Crippen LogP contribution in [0.15, 0.2) is 52.3 Å². The fourth-order valence-corrected chi connectivity index (χ4v) is 3.58. The first-order chi connectivity index (χ1) is 15.7. The van der Waals surface area contributed by atoms with Gasteiger partial charge in [0.25, 0.3) is 0 Å². The number of furan rings is 1. The van der Waals surface area contributed by atoms with Crippen molar-refractivity contribution in [2.45, 2.75) is 32.9 Å². The molecular weight excluding hydrogens is 535 g/mol. The van der Waals surface area contributed by atoms with Crippen LogP contribution in [0.25, 0.3) is 0 Å². The number of ether oxygens (including phenoxy) is 2. The summed E-state index contributed by atoms with van der Waals surface area (Å²) in [5, 5.41) is 11.6. The molecule has 1 aliphatic heterocycles. The molecule has 0 bridgehead atoms. The summed E-state index contributed by atoms with van der Waals surface area (Å²) < 4.78 is 18.9. The molecule has 3 aromatic rings. The van der Waals surface area contributed by atoms with Crippen LogP contribution in [0, 0.1) is 0 Å². The van der Waals surface area contributed by atoms with Crippen molar-refractivity contribution in [3.8, 4) is 11.5 Å². The number of fused-ring (bicyclic) bond motifs is 1. The van der Waals surface area contributed by atoms with Crippen LogP contribution < -0.4 is 14.8 Å². The van der Waals surface area contributed by atoms with Crippen LogP contribution in [0.5, 0.6) is 11.5 Å². The van der Waals surface area contributed by atoms with Gasteiger partial charge in [0.05, 0.1) is 12.8 Å². The smallest absolute Gasteiger partial charge is 0.194 e. The van der Waals surface area contributed by atoms with Crippen molar-refractivity contribution in [2.75, 3.05) is 33.4 Å². The fourth-order valence-electron chi connectivity index (χ4n) is 3.58. The lowest BCUT2D eigenvalue weighted by molar-refractivity contribution is 0.171. The molecule has 0 atom stereocenters. The van der Waals surface area contributed by atoms with E-state index in [1.165, 1.54) is 5.56 Å². The number of aromatic nitrogens is 3. The Morgan fingerprint density at radius 1 is 1.21 bits per heavy atom. The zero-order valence-electron chi connectivity index (χ0n) is 19.1. The number of hydrogen-bond donors (Lipinski definition) is 1. The quantitative estimate of drug-likeness (QED) is 0.242. The summed E-state index contributed by atoms with van der Waals surface area (Å²) in [6.45, 7) is 6.04. The van der Waals surface area contributed by atoms with Crippen LogP contribution in [0.2, 0.25) is 0 Å². The minimum Gasteiger partial charge on any atom is -0.486 e. The van der Waals surface area contributed by atoms with Gasteiger partial charge in [0.1, 0.15) is 31.1 Å². The number of nitrogens with one attached hydrogen (secondary N) is 1. The van der Waals surface area contributed by atoms with Crippen LogP contribution in [-0.2, 0) is 25.9 Å². The van der Waals surface area contributed by atoms with E-state index >= 15 is 0 Å². The molecule has 0 unspecified atom stereocenters. The molecule has 4 rings (SSSR count). The zero-order chi connectivity index (χ0) is 22.2. The fraction of sp³-hybridized carbons (Fsp3) is 0.435. The van der Waals surface area contributed by atoms with E-state index in [1.807, 2.05) is 31.3 Å². The number of rotatable bonds is 9. The Hall–Kier alpha value is -2.76. The summed E-state index contributed by atoms with van der Waals surface area (Å²) in [7, 11) is 2.01. The maximum absolute atomic E-state index is 5.69. The predicted molar refractivity (Wildman–Crippen MR) is 136 cm³/mol. The Bertz CT molecular complexity index is 1020. The summed E-state index contributed by atoms with van der Waals surface area (Å²) in [6, 6.07) is 9.95. The van der Waals surface area contributed by atoms with Gasteiger partial charge in [-0.1, -0.05) is 13.0 Å². The third-order valence-corrected chi connectivity index (χ3v) is 5.25. The maximum atomic E-state index is 5.69.